The summed E-state index contributed by atoms with van der Waals surface area (Å²) >= 11 is 5.94. The Balaban J connectivity index is 1.82. The predicted octanol–water partition coefficient (Wildman–Crippen LogP) is 5.57. The van der Waals surface area contributed by atoms with E-state index >= 15 is 0 Å². The summed E-state index contributed by atoms with van der Waals surface area (Å²) in [5.74, 6) is 0. The Bertz CT molecular complexity index is 742. The molecule has 1 atom stereocenters. The van der Waals surface area contributed by atoms with Crippen LogP contribution in [0.2, 0.25) is 5.02 Å². The first-order valence-corrected chi connectivity index (χ1v) is 8.61. The van der Waals surface area contributed by atoms with Crippen LogP contribution in [0.25, 0.3) is 0 Å². The normalized spacial score (nSPS) is 16.4. The van der Waals surface area contributed by atoms with Crippen molar-refractivity contribution in [2.24, 2.45) is 0 Å². The van der Waals surface area contributed by atoms with Gasteiger partial charge < -0.3 is 5.32 Å². The maximum Gasteiger partial charge on any atom is 0.412 e. The fourth-order valence-corrected chi connectivity index (χ4v) is 3.04. The number of rotatable bonds is 5. The number of nitrogens with zero attached hydrogens (tertiary/aromatic N) is 1. The molecule has 0 aliphatic carbocycles. The van der Waals surface area contributed by atoms with E-state index in [-0.39, 0.29) is 5.56 Å². The van der Waals surface area contributed by atoms with Gasteiger partial charge in [0.2, 0.25) is 0 Å². The van der Waals surface area contributed by atoms with Gasteiger partial charge in [0.05, 0.1) is 0 Å². The molecule has 0 unspecified atom stereocenters. The highest BCUT2D eigenvalue weighted by atomic mass is 35.5. The average Bonchev–Trinajstić information content (AvgIpc) is 2.51. The number of alkyl halides is 3. The molecule has 25 heavy (non-hydrogen) atoms. The van der Waals surface area contributed by atoms with Gasteiger partial charge in [0.25, 0.3) is 0 Å². The molecule has 6 heteroatoms. The van der Waals surface area contributed by atoms with Crippen LogP contribution in [-0.4, -0.2) is 24.2 Å². The lowest BCUT2D eigenvalue weighted by molar-refractivity contribution is -0.144. The van der Waals surface area contributed by atoms with Crippen molar-refractivity contribution in [3.63, 3.8) is 0 Å². The maximum atomic E-state index is 13.6. The summed E-state index contributed by atoms with van der Waals surface area (Å²) in [5, 5.41) is 3.10. The maximum absolute atomic E-state index is 13.6. The van der Waals surface area contributed by atoms with Crippen molar-refractivity contribution in [1.82, 2.24) is 4.90 Å². The largest absolute Gasteiger partial charge is 0.412 e. The quantitative estimate of drug-likeness (QED) is 0.742. The molecular weight excluding hydrogens is 349 g/mol. The van der Waals surface area contributed by atoms with E-state index in [0.717, 1.165) is 25.2 Å². The van der Waals surface area contributed by atoms with E-state index in [1.807, 2.05) is 6.07 Å². The Morgan fingerprint density at radius 3 is 2.52 bits per heavy atom. The second kappa shape index (κ2) is 7.26. The summed E-state index contributed by atoms with van der Waals surface area (Å²) < 4.78 is 40.8. The van der Waals surface area contributed by atoms with E-state index in [1.54, 1.807) is 25.1 Å². The molecule has 0 radical (unpaired) electrons. The number of halogens is 4. The van der Waals surface area contributed by atoms with Gasteiger partial charge in [0.15, 0.2) is 0 Å². The molecule has 0 bridgehead atoms. The molecule has 0 amide bonds. The Kier molecular flexibility index (Phi) is 5.25. The van der Waals surface area contributed by atoms with E-state index in [0.29, 0.717) is 16.3 Å². The highest BCUT2D eigenvalue weighted by Crippen LogP contribution is 2.37. The Morgan fingerprint density at radius 1 is 1.16 bits per heavy atom. The third-order valence-electron chi connectivity index (χ3n) is 4.44. The number of nitrogens with one attached hydrogen (secondary N) is 1. The Labute approximate surface area is 150 Å². The van der Waals surface area contributed by atoms with E-state index in [1.165, 1.54) is 24.6 Å². The van der Waals surface area contributed by atoms with Gasteiger partial charge in [-0.2, -0.15) is 13.2 Å². The molecule has 2 nitrogen and oxygen atoms in total. The van der Waals surface area contributed by atoms with Crippen molar-refractivity contribution in [1.29, 1.82) is 0 Å². The molecule has 1 fully saturated rings. The zero-order valence-electron chi connectivity index (χ0n) is 13.9. The molecule has 1 heterocycles. The molecule has 2 aromatic rings. The van der Waals surface area contributed by atoms with Gasteiger partial charge in [-0.25, -0.2) is 0 Å². The molecule has 0 saturated carbocycles. The first-order chi connectivity index (χ1) is 11.8. The van der Waals surface area contributed by atoms with Crippen LogP contribution in [0.15, 0.2) is 42.5 Å². The van der Waals surface area contributed by atoms with Gasteiger partial charge in [0.1, 0.15) is 6.04 Å². The molecule has 2 aromatic carbocycles. The highest BCUT2D eigenvalue weighted by molar-refractivity contribution is 6.31. The standard InChI is InChI=1S/C19H20ClF3N2/c1-13-10-15(6-7-17(13)20)18(19(21,22)23)24-16-5-2-4-14(11-16)12-25-8-3-9-25/h2,4-7,10-11,18,24H,3,8-9,12H2,1H3/t18-/m0/s1. The summed E-state index contributed by atoms with van der Waals surface area (Å²) in [6, 6.07) is 9.83. The van der Waals surface area contributed by atoms with Crippen LogP contribution in [0, 0.1) is 6.92 Å². The SMILES string of the molecule is Cc1cc([C@H](Nc2cccc(CN3CCC3)c2)C(F)(F)F)ccc1Cl. The summed E-state index contributed by atoms with van der Waals surface area (Å²) in [6.45, 7) is 4.57. The second-order valence-electron chi connectivity index (χ2n) is 6.46. The minimum absolute atomic E-state index is 0.155. The summed E-state index contributed by atoms with van der Waals surface area (Å²) in [7, 11) is 0. The average molecular weight is 369 g/mol. The molecule has 3 rings (SSSR count). The van der Waals surface area contributed by atoms with Crippen LogP contribution in [0.5, 0.6) is 0 Å². The van der Waals surface area contributed by atoms with E-state index < -0.39 is 12.2 Å². The predicted molar refractivity (Wildman–Crippen MR) is 94.9 cm³/mol. The molecule has 1 saturated heterocycles. The fraction of sp³-hybridized carbons (Fsp3) is 0.368. The number of anilines is 1. The van der Waals surface area contributed by atoms with Crippen LogP contribution < -0.4 is 5.32 Å². The number of benzene rings is 2. The zero-order valence-corrected chi connectivity index (χ0v) is 14.7. The molecule has 0 aromatic heterocycles. The number of likely N-dealkylation sites (tertiary alicyclic amines) is 1. The monoisotopic (exact) mass is 368 g/mol. The summed E-state index contributed by atoms with van der Waals surface area (Å²) in [5.41, 5.74) is 2.26. The van der Waals surface area contributed by atoms with Crippen molar-refractivity contribution in [2.45, 2.75) is 32.1 Å². The van der Waals surface area contributed by atoms with Crippen molar-refractivity contribution in [3.05, 3.63) is 64.2 Å². The second-order valence-corrected chi connectivity index (χ2v) is 6.86. The van der Waals surface area contributed by atoms with Crippen LogP contribution >= 0.6 is 11.6 Å². The number of hydrogen-bond donors (Lipinski definition) is 1. The van der Waals surface area contributed by atoms with E-state index in [4.69, 9.17) is 11.6 Å². The molecule has 134 valence electrons. The van der Waals surface area contributed by atoms with Gasteiger partial charge in [0, 0.05) is 17.3 Å². The molecule has 1 N–H and O–H groups in total. The van der Waals surface area contributed by atoms with Gasteiger partial charge in [-0.05, 0) is 61.3 Å². The zero-order chi connectivity index (χ0) is 18.0. The lowest BCUT2D eigenvalue weighted by Gasteiger charge is -2.31. The van der Waals surface area contributed by atoms with Crippen LogP contribution in [0.1, 0.15) is 29.2 Å². The topological polar surface area (TPSA) is 15.3 Å². The summed E-state index contributed by atoms with van der Waals surface area (Å²) in [4.78, 5) is 2.27. The highest BCUT2D eigenvalue weighted by Gasteiger charge is 2.41. The molecule has 1 aliphatic heterocycles. The lowest BCUT2D eigenvalue weighted by Crippen LogP contribution is -2.36. The summed E-state index contributed by atoms with van der Waals surface area (Å²) in [6.07, 6.45) is -3.22. The van der Waals surface area contributed by atoms with Crippen molar-refractivity contribution in [3.8, 4) is 0 Å². The first-order valence-electron chi connectivity index (χ1n) is 8.23. The minimum Gasteiger partial charge on any atom is -0.370 e. The Morgan fingerprint density at radius 2 is 1.92 bits per heavy atom. The van der Waals surface area contributed by atoms with Gasteiger partial charge in [-0.3, -0.25) is 4.90 Å². The van der Waals surface area contributed by atoms with E-state index in [9.17, 15) is 13.2 Å². The minimum atomic E-state index is -4.41. The van der Waals surface area contributed by atoms with Crippen molar-refractivity contribution in [2.75, 3.05) is 18.4 Å². The smallest absolute Gasteiger partial charge is 0.370 e. The van der Waals surface area contributed by atoms with Gasteiger partial charge >= 0.3 is 6.18 Å². The molecule has 1 aliphatic rings. The van der Waals surface area contributed by atoms with Crippen molar-refractivity contribution >= 4 is 17.3 Å². The van der Waals surface area contributed by atoms with Crippen molar-refractivity contribution < 1.29 is 13.2 Å². The van der Waals surface area contributed by atoms with E-state index in [2.05, 4.69) is 10.2 Å². The van der Waals surface area contributed by atoms with Gasteiger partial charge in [-0.1, -0.05) is 35.9 Å². The lowest BCUT2D eigenvalue weighted by atomic mass is 10.0. The molecular formula is C19H20ClF3N2. The van der Waals surface area contributed by atoms with Crippen LogP contribution in [0.4, 0.5) is 18.9 Å². The van der Waals surface area contributed by atoms with Gasteiger partial charge in [-0.15, -0.1) is 0 Å². The fourth-order valence-electron chi connectivity index (χ4n) is 2.93. The Hall–Kier alpha value is -1.72. The van der Waals surface area contributed by atoms with Crippen LogP contribution in [0.3, 0.4) is 0 Å². The third kappa shape index (κ3) is 4.47. The molecule has 0 spiro atoms. The third-order valence-corrected chi connectivity index (χ3v) is 4.86. The number of aryl methyl sites for hydroxylation is 1. The van der Waals surface area contributed by atoms with Crippen LogP contribution in [-0.2, 0) is 6.54 Å². The number of hydrogen-bond acceptors (Lipinski definition) is 2. The first kappa shape index (κ1) is 18.1.